The van der Waals surface area contributed by atoms with E-state index in [1.54, 1.807) is 18.2 Å². The van der Waals surface area contributed by atoms with Crippen LogP contribution in [-0.2, 0) is 4.79 Å². The molecule has 0 aliphatic heterocycles. The van der Waals surface area contributed by atoms with Gasteiger partial charge in [-0.3, -0.25) is 9.69 Å². The summed E-state index contributed by atoms with van der Waals surface area (Å²) < 4.78 is 37.4. The number of nitrogens with zero attached hydrogens (tertiary/aromatic N) is 1. The third kappa shape index (κ3) is 7.11. The van der Waals surface area contributed by atoms with Crippen LogP contribution in [0.2, 0.25) is 5.02 Å². The van der Waals surface area contributed by atoms with E-state index < -0.39 is 25.2 Å². The van der Waals surface area contributed by atoms with Crippen molar-refractivity contribution in [2.24, 2.45) is 0 Å². The van der Waals surface area contributed by atoms with Gasteiger partial charge in [-0.2, -0.15) is 13.2 Å². The van der Waals surface area contributed by atoms with E-state index in [0.29, 0.717) is 10.7 Å². The van der Waals surface area contributed by atoms with Crippen LogP contribution in [0.4, 0.5) is 18.9 Å². The molecule has 1 aromatic rings. The Bertz CT molecular complexity index is 509. The molecule has 0 aromatic heterocycles. The minimum absolute atomic E-state index is 0.0228. The number of anilines is 1. The van der Waals surface area contributed by atoms with Crippen molar-refractivity contribution in [3.05, 3.63) is 28.8 Å². The zero-order valence-corrected chi connectivity index (χ0v) is 12.8. The van der Waals surface area contributed by atoms with Gasteiger partial charge in [-0.1, -0.05) is 17.7 Å². The van der Waals surface area contributed by atoms with Crippen molar-refractivity contribution in [2.75, 3.05) is 31.6 Å². The monoisotopic (exact) mass is 338 g/mol. The van der Waals surface area contributed by atoms with Crippen LogP contribution in [0, 0.1) is 6.92 Å². The third-order valence-electron chi connectivity index (χ3n) is 2.80. The fourth-order valence-electron chi connectivity index (χ4n) is 1.88. The standard InChI is InChI=1S/C14H18ClF3N2O2/c1-10-3-4-12(11(15)7-10)19-13(22)8-20(5-2-6-21)9-14(16,17)18/h3-4,7,21H,2,5-6,8-9H2,1H3,(H,19,22). The molecule has 4 nitrogen and oxygen atoms in total. The van der Waals surface area contributed by atoms with E-state index in [-0.39, 0.29) is 19.6 Å². The summed E-state index contributed by atoms with van der Waals surface area (Å²) in [6.45, 7) is -0.0615. The molecule has 0 fully saturated rings. The molecule has 1 rings (SSSR count). The van der Waals surface area contributed by atoms with Gasteiger partial charge < -0.3 is 10.4 Å². The highest BCUT2D eigenvalue weighted by molar-refractivity contribution is 6.33. The number of aryl methyl sites for hydroxylation is 1. The highest BCUT2D eigenvalue weighted by atomic mass is 35.5. The number of halogens is 4. The fourth-order valence-corrected chi connectivity index (χ4v) is 2.16. The van der Waals surface area contributed by atoms with Gasteiger partial charge in [-0.05, 0) is 31.0 Å². The number of hydrogen-bond donors (Lipinski definition) is 2. The minimum Gasteiger partial charge on any atom is -0.396 e. The number of hydrogen-bond acceptors (Lipinski definition) is 3. The largest absolute Gasteiger partial charge is 0.401 e. The molecule has 8 heteroatoms. The zero-order chi connectivity index (χ0) is 16.8. The van der Waals surface area contributed by atoms with Crippen molar-refractivity contribution in [3.63, 3.8) is 0 Å². The van der Waals surface area contributed by atoms with E-state index >= 15 is 0 Å². The van der Waals surface area contributed by atoms with Gasteiger partial charge in [0.2, 0.25) is 5.91 Å². The van der Waals surface area contributed by atoms with Crippen LogP contribution in [0.15, 0.2) is 18.2 Å². The number of amides is 1. The smallest absolute Gasteiger partial charge is 0.396 e. The number of alkyl halides is 3. The Morgan fingerprint density at radius 3 is 2.64 bits per heavy atom. The molecule has 124 valence electrons. The van der Waals surface area contributed by atoms with Gasteiger partial charge in [-0.15, -0.1) is 0 Å². The Kier molecular flexibility index (Phi) is 7.12. The summed E-state index contributed by atoms with van der Waals surface area (Å²) in [5, 5.41) is 11.5. The second-order valence-electron chi connectivity index (χ2n) is 4.93. The number of aliphatic hydroxyl groups is 1. The first-order valence-corrected chi connectivity index (χ1v) is 7.05. The molecule has 0 aliphatic carbocycles. The number of aliphatic hydroxyl groups excluding tert-OH is 1. The number of carbonyl (C=O) groups excluding carboxylic acids is 1. The van der Waals surface area contributed by atoms with Crippen LogP contribution < -0.4 is 5.32 Å². The van der Waals surface area contributed by atoms with E-state index in [1.165, 1.54) is 0 Å². The molecule has 0 unspecified atom stereocenters. The van der Waals surface area contributed by atoms with Gasteiger partial charge in [0.15, 0.2) is 0 Å². The number of carbonyl (C=O) groups is 1. The topological polar surface area (TPSA) is 52.6 Å². The summed E-state index contributed by atoms with van der Waals surface area (Å²) in [7, 11) is 0. The molecule has 2 N–H and O–H groups in total. The predicted molar refractivity (Wildman–Crippen MR) is 79.0 cm³/mol. The first kappa shape index (κ1) is 18.7. The van der Waals surface area contributed by atoms with Crippen molar-refractivity contribution >= 4 is 23.2 Å². The van der Waals surface area contributed by atoms with Crippen LogP contribution in [0.1, 0.15) is 12.0 Å². The molecule has 0 aliphatic rings. The quantitative estimate of drug-likeness (QED) is 0.804. The lowest BCUT2D eigenvalue weighted by Gasteiger charge is -2.22. The van der Waals surface area contributed by atoms with E-state index in [9.17, 15) is 18.0 Å². The number of nitrogens with one attached hydrogen (secondary N) is 1. The normalized spacial score (nSPS) is 11.8. The molecule has 0 radical (unpaired) electrons. The second kappa shape index (κ2) is 8.36. The minimum atomic E-state index is -4.41. The van der Waals surface area contributed by atoms with E-state index in [1.807, 2.05) is 6.92 Å². The van der Waals surface area contributed by atoms with Crippen LogP contribution in [0.3, 0.4) is 0 Å². The molecule has 0 spiro atoms. The lowest BCUT2D eigenvalue weighted by molar-refractivity contribution is -0.148. The SMILES string of the molecule is Cc1ccc(NC(=O)CN(CCCO)CC(F)(F)F)c(Cl)c1. The molecule has 0 atom stereocenters. The van der Waals surface area contributed by atoms with Crippen molar-refractivity contribution < 1.29 is 23.1 Å². The summed E-state index contributed by atoms with van der Waals surface area (Å²) in [4.78, 5) is 12.8. The highest BCUT2D eigenvalue weighted by Crippen LogP contribution is 2.23. The summed E-state index contributed by atoms with van der Waals surface area (Å²) >= 11 is 5.96. The molecule has 0 heterocycles. The molecule has 0 saturated carbocycles. The average Bonchev–Trinajstić information content (AvgIpc) is 2.37. The summed E-state index contributed by atoms with van der Waals surface area (Å²) in [6, 6.07) is 4.98. The highest BCUT2D eigenvalue weighted by Gasteiger charge is 2.31. The van der Waals surface area contributed by atoms with Gasteiger partial charge in [0, 0.05) is 13.2 Å². The molecule has 1 amide bonds. The number of rotatable bonds is 7. The van der Waals surface area contributed by atoms with Crippen LogP contribution in [0.25, 0.3) is 0 Å². The van der Waals surface area contributed by atoms with Gasteiger partial charge in [0.25, 0.3) is 0 Å². The van der Waals surface area contributed by atoms with E-state index in [2.05, 4.69) is 5.32 Å². The molecule has 0 saturated heterocycles. The second-order valence-corrected chi connectivity index (χ2v) is 5.34. The zero-order valence-electron chi connectivity index (χ0n) is 12.1. The molecular formula is C14H18ClF3N2O2. The Morgan fingerprint density at radius 2 is 2.09 bits per heavy atom. The third-order valence-corrected chi connectivity index (χ3v) is 3.11. The Labute approximate surface area is 131 Å². The van der Waals surface area contributed by atoms with E-state index in [4.69, 9.17) is 16.7 Å². The van der Waals surface area contributed by atoms with Crippen LogP contribution in [0.5, 0.6) is 0 Å². The maximum Gasteiger partial charge on any atom is 0.401 e. The van der Waals surface area contributed by atoms with Crippen molar-refractivity contribution in [2.45, 2.75) is 19.5 Å². The van der Waals surface area contributed by atoms with Crippen molar-refractivity contribution in [1.82, 2.24) is 4.90 Å². The predicted octanol–water partition coefficient (Wildman–Crippen LogP) is 2.83. The van der Waals surface area contributed by atoms with Crippen LogP contribution >= 0.6 is 11.6 Å². The molecular weight excluding hydrogens is 321 g/mol. The van der Waals surface area contributed by atoms with Gasteiger partial charge in [-0.25, -0.2) is 0 Å². The Balaban J connectivity index is 2.65. The molecule has 1 aromatic carbocycles. The lowest BCUT2D eigenvalue weighted by atomic mass is 10.2. The fraction of sp³-hybridized carbons (Fsp3) is 0.500. The maximum atomic E-state index is 12.5. The van der Waals surface area contributed by atoms with Gasteiger partial charge in [0.1, 0.15) is 0 Å². The van der Waals surface area contributed by atoms with Crippen LogP contribution in [-0.4, -0.2) is 48.3 Å². The Hall–Kier alpha value is -1.31. The average molecular weight is 339 g/mol. The van der Waals surface area contributed by atoms with Crippen molar-refractivity contribution in [1.29, 1.82) is 0 Å². The van der Waals surface area contributed by atoms with E-state index in [0.717, 1.165) is 10.5 Å². The Morgan fingerprint density at radius 1 is 1.41 bits per heavy atom. The first-order valence-electron chi connectivity index (χ1n) is 6.67. The van der Waals surface area contributed by atoms with Crippen molar-refractivity contribution in [3.8, 4) is 0 Å². The summed E-state index contributed by atoms with van der Waals surface area (Å²) in [5.41, 5.74) is 1.26. The number of benzene rings is 1. The molecule has 22 heavy (non-hydrogen) atoms. The van der Waals surface area contributed by atoms with Gasteiger partial charge in [0.05, 0.1) is 23.8 Å². The lowest BCUT2D eigenvalue weighted by Crippen LogP contribution is -2.40. The summed E-state index contributed by atoms with van der Waals surface area (Å²) in [5.74, 6) is -0.590. The molecule has 0 bridgehead atoms. The first-order chi connectivity index (χ1) is 10.2. The summed E-state index contributed by atoms with van der Waals surface area (Å²) in [6.07, 6.45) is -4.24. The van der Waals surface area contributed by atoms with Gasteiger partial charge >= 0.3 is 6.18 Å². The maximum absolute atomic E-state index is 12.5.